The Morgan fingerprint density at radius 1 is 1.00 bits per heavy atom. The number of carbonyl (C=O) groups is 1. The molecule has 2 amide bonds. The molecule has 0 atom stereocenters. The third kappa shape index (κ3) is 5.14. The molecule has 11 heteroatoms. The van der Waals surface area contributed by atoms with Crippen LogP contribution in [0.5, 0.6) is 0 Å². The number of urea groups is 1. The van der Waals surface area contributed by atoms with Crippen molar-refractivity contribution in [1.82, 2.24) is 23.8 Å². The fraction of sp³-hybridized carbons (Fsp3) is 0.267. The van der Waals surface area contributed by atoms with Crippen LogP contribution in [0.15, 0.2) is 84.0 Å². The van der Waals surface area contributed by atoms with Gasteiger partial charge in [0.05, 0.1) is 29.2 Å². The third-order valence-corrected chi connectivity index (χ3v) is 9.38. The topological polar surface area (TPSA) is 135 Å². The maximum absolute atomic E-state index is 13.5. The summed E-state index contributed by atoms with van der Waals surface area (Å²) < 4.78 is 30.3. The van der Waals surface area contributed by atoms with E-state index < -0.39 is 10.0 Å². The number of nitrogens with zero attached hydrogens (tertiary/aromatic N) is 5. The molecule has 3 aromatic heterocycles. The molecule has 0 saturated heterocycles. The third-order valence-electron chi connectivity index (χ3n) is 7.70. The molecule has 5 aromatic rings. The number of nitrogens with one attached hydrogen (secondary N) is 2. The Morgan fingerprint density at radius 3 is 2.41 bits per heavy atom. The minimum absolute atomic E-state index is 0.0867. The second-order valence-corrected chi connectivity index (χ2v) is 12.1. The Morgan fingerprint density at radius 2 is 1.71 bits per heavy atom. The van der Waals surface area contributed by atoms with Gasteiger partial charge < -0.3 is 15.2 Å². The van der Waals surface area contributed by atoms with Crippen molar-refractivity contribution in [2.45, 2.75) is 49.6 Å². The molecule has 10 nitrogen and oxygen atoms in total. The zero-order valence-corrected chi connectivity index (χ0v) is 23.1. The number of nitriles is 1. The lowest BCUT2D eigenvalue weighted by molar-refractivity contribution is 0.250. The molecule has 41 heavy (non-hydrogen) atoms. The molecule has 2 aromatic carbocycles. The highest BCUT2D eigenvalue weighted by atomic mass is 32.2. The van der Waals surface area contributed by atoms with Crippen molar-refractivity contribution in [1.29, 1.82) is 5.26 Å². The van der Waals surface area contributed by atoms with Crippen molar-refractivity contribution in [2.24, 2.45) is 5.92 Å². The van der Waals surface area contributed by atoms with Crippen LogP contribution in [-0.4, -0.2) is 33.0 Å². The largest absolute Gasteiger partial charge is 0.331 e. The van der Waals surface area contributed by atoms with Crippen LogP contribution < -0.4 is 10.6 Å². The van der Waals surface area contributed by atoms with Crippen LogP contribution in [0.3, 0.4) is 0 Å². The number of rotatable bonds is 7. The molecule has 3 heterocycles. The molecule has 0 aliphatic heterocycles. The van der Waals surface area contributed by atoms with E-state index >= 15 is 0 Å². The Balaban J connectivity index is 1.39. The van der Waals surface area contributed by atoms with Gasteiger partial charge >= 0.3 is 6.03 Å². The summed E-state index contributed by atoms with van der Waals surface area (Å²) in [6.45, 7) is 0.177. The zero-order valence-electron chi connectivity index (χ0n) is 22.3. The lowest BCUT2D eigenvalue weighted by atomic mass is 9.84. The first-order chi connectivity index (χ1) is 20.0. The molecule has 2 N–H and O–H groups in total. The Kier molecular flexibility index (Phi) is 7.15. The number of imidazole rings is 1. The van der Waals surface area contributed by atoms with E-state index in [0.29, 0.717) is 40.4 Å². The molecule has 1 fully saturated rings. The summed E-state index contributed by atoms with van der Waals surface area (Å²) in [4.78, 5) is 22.2. The average molecular weight is 568 g/mol. The molecule has 0 unspecified atom stereocenters. The van der Waals surface area contributed by atoms with Crippen molar-refractivity contribution in [3.63, 3.8) is 0 Å². The molecule has 6 rings (SSSR count). The fourth-order valence-corrected chi connectivity index (χ4v) is 7.03. The molecule has 0 bridgehead atoms. The van der Waals surface area contributed by atoms with Gasteiger partial charge in [0.1, 0.15) is 11.3 Å². The molecular weight excluding hydrogens is 538 g/mol. The number of fused-ring (bicyclic) bond motifs is 3. The Labute approximate surface area is 237 Å². The predicted molar refractivity (Wildman–Crippen MR) is 156 cm³/mol. The molecule has 208 valence electrons. The van der Waals surface area contributed by atoms with E-state index in [1.54, 1.807) is 42.6 Å². The average Bonchev–Trinajstić information content (AvgIpc) is 3.60. The van der Waals surface area contributed by atoms with Gasteiger partial charge in [0.25, 0.3) is 10.0 Å². The van der Waals surface area contributed by atoms with Gasteiger partial charge in [-0.05, 0) is 61.9 Å². The number of anilines is 1. The summed E-state index contributed by atoms with van der Waals surface area (Å²) in [6, 6.07) is 21.3. The Bertz CT molecular complexity index is 1850. The number of benzene rings is 2. The highest BCUT2D eigenvalue weighted by molar-refractivity contribution is 7.90. The maximum atomic E-state index is 13.5. The summed E-state index contributed by atoms with van der Waals surface area (Å²) in [5.74, 6) is 1.03. The monoisotopic (exact) mass is 567 g/mol. The van der Waals surface area contributed by atoms with Crippen LogP contribution in [0.4, 0.5) is 10.5 Å². The summed E-state index contributed by atoms with van der Waals surface area (Å²) in [6.07, 6.45) is 7.21. The summed E-state index contributed by atoms with van der Waals surface area (Å²) in [5.41, 5.74) is 2.43. The first-order valence-electron chi connectivity index (χ1n) is 13.6. The summed E-state index contributed by atoms with van der Waals surface area (Å²) in [7, 11) is -3.86. The van der Waals surface area contributed by atoms with E-state index in [-0.39, 0.29) is 23.5 Å². The summed E-state index contributed by atoms with van der Waals surface area (Å²) in [5, 5.41) is 15.6. The van der Waals surface area contributed by atoms with Gasteiger partial charge in [0, 0.05) is 29.7 Å². The van der Waals surface area contributed by atoms with Crippen molar-refractivity contribution in [3.8, 4) is 6.07 Å². The molecule has 0 spiro atoms. The number of carbonyl (C=O) groups excluding carboxylic acids is 1. The van der Waals surface area contributed by atoms with E-state index in [1.165, 1.54) is 10.2 Å². The minimum atomic E-state index is -3.86. The normalized spacial score (nSPS) is 17.3. The number of hydrogen-bond acceptors (Lipinski definition) is 6. The fourth-order valence-electron chi connectivity index (χ4n) is 5.71. The lowest BCUT2D eigenvalue weighted by Crippen LogP contribution is -2.30. The quantitative estimate of drug-likeness (QED) is 0.263. The highest BCUT2D eigenvalue weighted by Gasteiger charge is 2.28. The number of amides is 2. The van der Waals surface area contributed by atoms with Gasteiger partial charge in [-0.1, -0.05) is 36.4 Å². The smallest absolute Gasteiger partial charge is 0.319 e. The van der Waals surface area contributed by atoms with E-state index in [1.807, 2.05) is 30.3 Å². The van der Waals surface area contributed by atoms with Crippen LogP contribution >= 0.6 is 0 Å². The molecule has 1 saturated carbocycles. The standard InChI is InChI=1S/C30H29N7O3S/c31-17-15-21-11-13-23(14-12-21)37-27(20-33-30(38)34-22-7-3-1-4-8-22)35-26-19-32-29-25(28(26)37)16-18-36(29)41(39,40)24-9-5-2-6-10-24/h1-10,16,18-19,21,23H,11-15,20H2,(H2,33,34,38)/t21-,23-. The first kappa shape index (κ1) is 26.5. The van der Waals surface area contributed by atoms with Crippen molar-refractivity contribution < 1.29 is 13.2 Å². The number of pyridine rings is 1. The Hall–Kier alpha value is -4.69. The van der Waals surface area contributed by atoms with Gasteiger partial charge in [-0.2, -0.15) is 5.26 Å². The van der Waals surface area contributed by atoms with Crippen LogP contribution in [0.1, 0.15) is 44.0 Å². The molecule has 0 radical (unpaired) electrons. The molecule has 1 aliphatic rings. The second-order valence-electron chi connectivity index (χ2n) is 10.3. The zero-order chi connectivity index (χ0) is 28.4. The highest BCUT2D eigenvalue weighted by Crippen LogP contribution is 2.38. The van der Waals surface area contributed by atoms with E-state index in [2.05, 4.69) is 26.3 Å². The van der Waals surface area contributed by atoms with Gasteiger partial charge in [0.2, 0.25) is 0 Å². The van der Waals surface area contributed by atoms with E-state index in [0.717, 1.165) is 31.2 Å². The second kappa shape index (κ2) is 11.1. The number of aromatic nitrogens is 4. The van der Waals surface area contributed by atoms with Crippen LogP contribution in [0, 0.1) is 17.2 Å². The van der Waals surface area contributed by atoms with E-state index in [4.69, 9.17) is 4.98 Å². The van der Waals surface area contributed by atoms with Gasteiger partial charge in [-0.3, -0.25) is 0 Å². The molecule has 1 aliphatic carbocycles. The van der Waals surface area contributed by atoms with Crippen LogP contribution in [0.25, 0.3) is 22.1 Å². The van der Waals surface area contributed by atoms with E-state index in [9.17, 15) is 18.5 Å². The first-order valence-corrected chi connectivity index (χ1v) is 15.0. The van der Waals surface area contributed by atoms with Crippen molar-refractivity contribution in [2.75, 3.05) is 5.32 Å². The SMILES string of the molecule is N#CC[C@H]1CC[C@H](n2c(CNC(=O)Nc3ccccc3)nc3cnc4c(ccn4S(=O)(=O)c4ccccc4)c32)CC1. The van der Waals surface area contributed by atoms with Gasteiger partial charge in [-0.15, -0.1) is 0 Å². The van der Waals surface area contributed by atoms with Gasteiger partial charge in [-0.25, -0.2) is 27.2 Å². The summed E-state index contributed by atoms with van der Waals surface area (Å²) >= 11 is 0. The maximum Gasteiger partial charge on any atom is 0.319 e. The van der Waals surface area contributed by atoms with Crippen molar-refractivity contribution >= 4 is 43.8 Å². The number of para-hydroxylation sites is 1. The van der Waals surface area contributed by atoms with Crippen LogP contribution in [-0.2, 0) is 16.6 Å². The van der Waals surface area contributed by atoms with Crippen LogP contribution in [0.2, 0.25) is 0 Å². The lowest BCUT2D eigenvalue weighted by Gasteiger charge is -2.30. The predicted octanol–water partition coefficient (Wildman–Crippen LogP) is 5.59. The number of hydrogen-bond donors (Lipinski definition) is 2. The van der Waals surface area contributed by atoms with Crippen molar-refractivity contribution in [3.05, 3.63) is 84.9 Å². The minimum Gasteiger partial charge on any atom is -0.331 e. The van der Waals surface area contributed by atoms with Gasteiger partial charge in [0.15, 0.2) is 5.65 Å². The molecular formula is C30H29N7O3S.